The molecule has 0 spiro atoms. The van der Waals surface area contributed by atoms with Crippen LogP contribution in [0.15, 0.2) is 65.6 Å². The van der Waals surface area contributed by atoms with Gasteiger partial charge in [-0.2, -0.15) is 0 Å². The van der Waals surface area contributed by atoms with Crippen molar-refractivity contribution in [1.29, 1.82) is 0 Å². The predicted octanol–water partition coefficient (Wildman–Crippen LogP) is 3.03. The van der Waals surface area contributed by atoms with Gasteiger partial charge in [-0.25, -0.2) is 12.7 Å². The van der Waals surface area contributed by atoms with E-state index in [-0.39, 0.29) is 10.8 Å². The Bertz CT molecular complexity index is 1410. The molecule has 0 aliphatic carbocycles. The highest BCUT2D eigenvalue weighted by molar-refractivity contribution is 7.90. The molecule has 3 aromatic carbocycles. The molecule has 0 radical (unpaired) electrons. The monoisotopic (exact) mass is 506 g/mol. The summed E-state index contributed by atoms with van der Waals surface area (Å²) in [6.45, 7) is 3.89. The smallest absolute Gasteiger partial charge is 0.267 e. The fourth-order valence-electron chi connectivity index (χ4n) is 4.92. The standard InChI is InChI=1S/C27H30N4O4S/c1-18-6-2-3-7-20(18)26(32)30-23-10-11-25(22-9-5-4-8-21(22)23)36(34,35)31(19-12-15-28-16-13-19)27(33)24-14-17-29-24/h2-11,19,24,28-29H,12-17H2,1H3,(H,30,32). The number of piperidine rings is 1. The van der Waals surface area contributed by atoms with Crippen LogP contribution in [0.1, 0.15) is 35.2 Å². The predicted molar refractivity (Wildman–Crippen MR) is 139 cm³/mol. The van der Waals surface area contributed by atoms with Crippen molar-refractivity contribution in [2.24, 2.45) is 0 Å². The van der Waals surface area contributed by atoms with Gasteiger partial charge in [0.2, 0.25) is 0 Å². The fraction of sp³-hybridized carbons (Fsp3) is 0.333. The number of fused-ring (bicyclic) bond motifs is 1. The number of sulfonamides is 1. The van der Waals surface area contributed by atoms with Crippen molar-refractivity contribution in [3.63, 3.8) is 0 Å². The van der Waals surface area contributed by atoms with Crippen LogP contribution in [0.3, 0.4) is 0 Å². The van der Waals surface area contributed by atoms with E-state index in [9.17, 15) is 18.0 Å². The quantitative estimate of drug-likeness (QED) is 0.474. The first-order valence-electron chi connectivity index (χ1n) is 12.3. The van der Waals surface area contributed by atoms with Crippen LogP contribution in [-0.2, 0) is 14.8 Å². The van der Waals surface area contributed by atoms with Gasteiger partial charge in [-0.3, -0.25) is 9.59 Å². The third-order valence-corrected chi connectivity index (χ3v) is 8.95. The topological polar surface area (TPSA) is 108 Å². The molecule has 3 aromatic rings. The van der Waals surface area contributed by atoms with Crippen molar-refractivity contribution in [3.05, 3.63) is 71.8 Å². The third-order valence-electron chi connectivity index (χ3n) is 7.04. The van der Waals surface area contributed by atoms with E-state index in [1.807, 2.05) is 19.1 Å². The lowest BCUT2D eigenvalue weighted by molar-refractivity contribution is -0.132. The number of carbonyl (C=O) groups excluding carboxylic acids is 2. The Morgan fingerprint density at radius 2 is 1.56 bits per heavy atom. The maximum absolute atomic E-state index is 14.1. The molecule has 2 heterocycles. The van der Waals surface area contributed by atoms with Gasteiger partial charge in [-0.05, 0) is 69.6 Å². The van der Waals surface area contributed by atoms with Gasteiger partial charge < -0.3 is 16.0 Å². The zero-order valence-electron chi connectivity index (χ0n) is 20.2. The number of anilines is 1. The first kappa shape index (κ1) is 24.4. The van der Waals surface area contributed by atoms with Gasteiger partial charge in [0.25, 0.3) is 21.8 Å². The lowest BCUT2D eigenvalue weighted by Crippen LogP contribution is -2.59. The van der Waals surface area contributed by atoms with Gasteiger partial charge >= 0.3 is 0 Å². The van der Waals surface area contributed by atoms with Crippen molar-refractivity contribution >= 4 is 38.3 Å². The summed E-state index contributed by atoms with van der Waals surface area (Å²) >= 11 is 0. The molecule has 3 N–H and O–H groups in total. The van der Waals surface area contributed by atoms with E-state index in [0.717, 1.165) is 9.87 Å². The summed E-state index contributed by atoms with van der Waals surface area (Å²) in [5.74, 6) is -0.661. The van der Waals surface area contributed by atoms with Crippen LogP contribution >= 0.6 is 0 Å². The zero-order chi connectivity index (χ0) is 25.3. The first-order chi connectivity index (χ1) is 17.4. The molecule has 2 amide bonds. The van der Waals surface area contributed by atoms with E-state index in [2.05, 4.69) is 16.0 Å². The summed E-state index contributed by atoms with van der Waals surface area (Å²) in [4.78, 5) is 26.4. The molecular weight excluding hydrogens is 476 g/mol. The van der Waals surface area contributed by atoms with Crippen LogP contribution < -0.4 is 16.0 Å². The van der Waals surface area contributed by atoms with E-state index in [4.69, 9.17) is 0 Å². The van der Waals surface area contributed by atoms with Crippen LogP contribution in [0.2, 0.25) is 0 Å². The van der Waals surface area contributed by atoms with E-state index in [1.165, 1.54) is 6.07 Å². The summed E-state index contributed by atoms with van der Waals surface area (Å²) in [5, 5.41) is 10.3. The van der Waals surface area contributed by atoms with Crippen LogP contribution in [-0.4, -0.2) is 56.3 Å². The average Bonchev–Trinajstić information content (AvgIpc) is 2.84. The van der Waals surface area contributed by atoms with Gasteiger partial charge in [0.05, 0.1) is 17.0 Å². The van der Waals surface area contributed by atoms with Crippen LogP contribution in [0.4, 0.5) is 5.69 Å². The summed E-state index contributed by atoms with van der Waals surface area (Å²) < 4.78 is 29.3. The lowest BCUT2D eigenvalue weighted by atomic mass is 10.0. The van der Waals surface area contributed by atoms with Crippen molar-refractivity contribution in [2.45, 2.75) is 43.2 Å². The highest BCUT2D eigenvalue weighted by atomic mass is 32.2. The lowest BCUT2D eigenvalue weighted by Gasteiger charge is -2.38. The Kier molecular flexibility index (Phi) is 6.79. The number of nitrogens with one attached hydrogen (secondary N) is 3. The Labute approximate surface area is 211 Å². The number of benzene rings is 3. The molecule has 1 atom stereocenters. The molecular formula is C27H30N4O4S. The number of carbonyl (C=O) groups is 2. The number of hydrogen-bond acceptors (Lipinski definition) is 6. The van der Waals surface area contributed by atoms with Gasteiger partial charge in [0.1, 0.15) is 0 Å². The van der Waals surface area contributed by atoms with Gasteiger partial charge in [0.15, 0.2) is 0 Å². The normalized spacial score (nSPS) is 18.4. The largest absolute Gasteiger partial charge is 0.321 e. The summed E-state index contributed by atoms with van der Waals surface area (Å²) in [6.07, 6.45) is 1.76. The second-order valence-electron chi connectivity index (χ2n) is 9.34. The fourth-order valence-corrected chi connectivity index (χ4v) is 6.79. The molecule has 2 aliphatic heterocycles. The van der Waals surface area contributed by atoms with Crippen molar-refractivity contribution in [3.8, 4) is 0 Å². The van der Waals surface area contributed by atoms with Crippen LogP contribution in [0.5, 0.6) is 0 Å². The summed E-state index contributed by atoms with van der Waals surface area (Å²) in [7, 11) is -4.15. The molecule has 8 nitrogen and oxygen atoms in total. The Morgan fingerprint density at radius 1 is 0.889 bits per heavy atom. The van der Waals surface area contributed by atoms with Gasteiger partial charge in [-0.15, -0.1) is 0 Å². The Morgan fingerprint density at radius 3 is 2.22 bits per heavy atom. The van der Waals surface area contributed by atoms with E-state index < -0.39 is 28.0 Å². The van der Waals surface area contributed by atoms with E-state index in [1.54, 1.807) is 42.5 Å². The third kappa shape index (κ3) is 4.50. The minimum atomic E-state index is -4.15. The molecule has 188 valence electrons. The maximum Gasteiger partial charge on any atom is 0.267 e. The SMILES string of the molecule is Cc1ccccc1C(=O)Nc1ccc(S(=O)(=O)N(C(=O)C2CCN2)C2CCNCC2)c2ccccc12. The van der Waals surface area contributed by atoms with Gasteiger partial charge in [0, 0.05) is 22.0 Å². The molecule has 9 heteroatoms. The van der Waals surface area contributed by atoms with Gasteiger partial charge in [-0.1, -0.05) is 42.5 Å². The average molecular weight is 507 g/mol. The Hall–Kier alpha value is -3.27. The van der Waals surface area contributed by atoms with E-state index in [0.29, 0.717) is 60.9 Å². The number of amides is 2. The summed E-state index contributed by atoms with van der Waals surface area (Å²) in [5.41, 5.74) is 1.91. The molecule has 36 heavy (non-hydrogen) atoms. The molecule has 2 saturated heterocycles. The second kappa shape index (κ2) is 10.0. The summed E-state index contributed by atoms with van der Waals surface area (Å²) in [6, 6.07) is 16.6. The van der Waals surface area contributed by atoms with Crippen LogP contribution in [0.25, 0.3) is 10.8 Å². The number of rotatable bonds is 6. The zero-order valence-corrected chi connectivity index (χ0v) is 21.0. The maximum atomic E-state index is 14.1. The van der Waals surface area contributed by atoms with E-state index >= 15 is 0 Å². The van der Waals surface area contributed by atoms with Crippen molar-refractivity contribution < 1.29 is 18.0 Å². The second-order valence-corrected chi connectivity index (χ2v) is 11.1. The molecule has 0 saturated carbocycles. The Balaban J connectivity index is 1.55. The van der Waals surface area contributed by atoms with Crippen molar-refractivity contribution in [1.82, 2.24) is 14.9 Å². The number of aryl methyl sites for hydroxylation is 1. The molecule has 2 aliphatic rings. The number of nitrogens with zero attached hydrogens (tertiary/aromatic N) is 1. The first-order valence-corrected chi connectivity index (χ1v) is 13.7. The highest BCUT2D eigenvalue weighted by Crippen LogP contribution is 2.34. The number of hydrogen-bond donors (Lipinski definition) is 3. The van der Waals surface area contributed by atoms with Crippen molar-refractivity contribution in [2.75, 3.05) is 25.0 Å². The highest BCUT2D eigenvalue weighted by Gasteiger charge is 2.41. The molecule has 1 unspecified atom stereocenters. The minimum absolute atomic E-state index is 0.0678. The van der Waals surface area contributed by atoms with Crippen LogP contribution in [0, 0.1) is 6.92 Å². The molecule has 0 bridgehead atoms. The minimum Gasteiger partial charge on any atom is -0.321 e. The molecule has 0 aromatic heterocycles. The molecule has 5 rings (SSSR count). The molecule has 2 fully saturated rings.